The Morgan fingerprint density at radius 1 is 1.08 bits per heavy atom. The van der Waals surface area contributed by atoms with Crippen LogP contribution in [0.2, 0.25) is 5.02 Å². The predicted octanol–water partition coefficient (Wildman–Crippen LogP) is 2.56. The molecule has 0 radical (unpaired) electrons. The minimum Gasteiger partial charge on any atom is -0.242 e. The fourth-order valence-electron chi connectivity index (χ4n) is 2.07. The monoisotopic (exact) mass is 342 g/mol. The molecule has 24 heavy (non-hydrogen) atoms. The molecule has 2 aromatic heterocycles. The maximum atomic E-state index is 5.87. The van der Waals surface area contributed by atoms with Crippen LogP contribution in [0, 0.1) is 13.8 Å². The zero-order chi connectivity index (χ0) is 17.1. The van der Waals surface area contributed by atoms with Gasteiger partial charge in [0.1, 0.15) is 0 Å². The maximum Gasteiger partial charge on any atom is 0.289 e. The third kappa shape index (κ3) is 3.54. The number of benzene rings is 1. The van der Waals surface area contributed by atoms with E-state index in [-0.39, 0.29) is 5.95 Å². The van der Waals surface area contributed by atoms with Gasteiger partial charge in [-0.2, -0.15) is 10.2 Å². The second-order valence-electron chi connectivity index (χ2n) is 5.18. The lowest BCUT2D eigenvalue weighted by Crippen LogP contribution is -2.10. The van der Waals surface area contributed by atoms with Crippen molar-refractivity contribution >= 4 is 23.3 Å². The molecular weight excluding hydrogens is 328 g/mol. The van der Waals surface area contributed by atoms with E-state index in [0.717, 1.165) is 22.7 Å². The summed E-state index contributed by atoms with van der Waals surface area (Å²) in [5.41, 5.74) is 6.22. The van der Waals surface area contributed by atoms with Crippen molar-refractivity contribution in [1.82, 2.24) is 30.2 Å². The van der Waals surface area contributed by atoms with Gasteiger partial charge in [0.25, 0.3) is 11.9 Å². The molecule has 3 rings (SSSR count). The van der Waals surface area contributed by atoms with Crippen molar-refractivity contribution in [2.24, 2.45) is 5.10 Å². The van der Waals surface area contributed by atoms with E-state index < -0.39 is 0 Å². The molecule has 9 heteroatoms. The van der Waals surface area contributed by atoms with Crippen molar-refractivity contribution in [3.63, 3.8) is 0 Å². The quantitative estimate of drug-likeness (QED) is 0.578. The molecule has 3 aromatic rings. The highest BCUT2D eigenvalue weighted by Gasteiger charge is 2.08. The number of hydrogen-bond acceptors (Lipinski definition) is 7. The first-order valence-electron chi connectivity index (χ1n) is 7.20. The molecule has 0 unspecified atom stereocenters. The molecule has 0 saturated heterocycles. The number of aryl methyl sites for hydroxylation is 2. The number of anilines is 1. The molecule has 8 nitrogen and oxygen atoms in total. The van der Waals surface area contributed by atoms with E-state index in [1.54, 1.807) is 16.8 Å². The van der Waals surface area contributed by atoms with E-state index in [2.05, 4.69) is 36.0 Å². The Bertz CT molecular complexity index is 867. The first-order chi connectivity index (χ1) is 11.5. The summed E-state index contributed by atoms with van der Waals surface area (Å²) < 4.78 is 1.58. The number of nitrogens with one attached hydrogen (secondary N) is 1. The second kappa shape index (κ2) is 6.71. The van der Waals surface area contributed by atoms with Crippen molar-refractivity contribution < 1.29 is 0 Å². The highest BCUT2D eigenvalue weighted by atomic mass is 35.5. The average Bonchev–Trinajstić information content (AvgIpc) is 2.92. The van der Waals surface area contributed by atoms with Crippen LogP contribution < -0.4 is 5.43 Å². The van der Waals surface area contributed by atoms with Crippen LogP contribution in [0.25, 0.3) is 5.95 Å². The van der Waals surface area contributed by atoms with Gasteiger partial charge in [-0.15, -0.1) is 20.4 Å². The summed E-state index contributed by atoms with van der Waals surface area (Å²) >= 11 is 5.87. The molecular formula is C15H15ClN8. The molecule has 0 aliphatic heterocycles. The predicted molar refractivity (Wildman–Crippen MR) is 91.5 cm³/mol. The molecule has 1 N–H and O–H groups in total. The lowest BCUT2D eigenvalue weighted by Gasteiger charge is -2.03. The van der Waals surface area contributed by atoms with E-state index in [1.165, 1.54) is 0 Å². The van der Waals surface area contributed by atoms with E-state index in [4.69, 9.17) is 11.6 Å². The lowest BCUT2D eigenvalue weighted by molar-refractivity contribution is 0.711. The third-order valence-corrected chi connectivity index (χ3v) is 3.50. The molecule has 0 bridgehead atoms. The lowest BCUT2D eigenvalue weighted by atomic mass is 10.1. The van der Waals surface area contributed by atoms with E-state index >= 15 is 0 Å². The van der Waals surface area contributed by atoms with Crippen molar-refractivity contribution in [3.05, 3.63) is 52.3 Å². The molecule has 0 aliphatic rings. The minimum atomic E-state index is 0.202. The molecule has 0 spiro atoms. The highest BCUT2D eigenvalue weighted by molar-refractivity contribution is 6.30. The normalized spacial score (nSPS) is 11.6. The first kappa shape index (κ1) is 16.0. The molecule has 2 heterocycles. The van der Waals surface area contributed by atoms with E-state index in [9.17, 15) is 0 Å². The summed E-state index contributed by atoms with van der Waals surface area (Å²) in [4.78, 5) is 0. The summed E-state index contributed by atoms with van der Waals surface area (Å²) in [5.74, 6) is 0.512. The summed E-state index contributed by atoms with van der Waals surface area (Å²) in [6.07, 6.45) is 0. The van der Waals surface area contributed by atoms with Crippen LogP contribution in [0.15, 0.2) is 35.4 Å². The van der Waals surface area contributed by atoms with Crippen molar-refractivity contribution in [2.75, 3.05) is 5.43 Å². The van der Waals surface area contributed by atoms with E-state index in [1.807, 2.05) is 39.0 Å². The summed E-state index contributed by atoms with van der Waals surface area (Å²) in [5, 5.41) is 25.1. The molecule has 0 atom stereocenters. The van der Waals surface area contributed by atoms with Crippen LogP contribution in [0.5, 0.6) is 0 Å². The van der Waals surface area contributed by atoms with Crippen LogP contribution in [0.1, 0.15) is 23.9 Å². The fraction of sp³-hybridized carbons (Fsp3) is 0.200. The smallest absolute Gasteiger partial charge is 0.242 e. The Balaban J connectivity index is 1.73. The zero-order valence-electron chi connectivity index (χ0n) is 13.4. The summed E-state index contributed by atoms with van der Waals surface area (Å²) in [7, 11) is 0. The Kier molecular flexibility index (Phi) is 4.48. The minimum absolute atomic E-state index is 0.202. The van der Waals surface area contributed by atoms with Crippen molar-refractivity contribution in [1.29, 1.82) is 0 Å². The molecule has 1 aromatic carbocycles. The number of rotatable bonds is 4. The molecule has 0 aliphatic carbocycles. The Labute approximate surface area is 143 Å². The van der Waals surface area contributed by atoms with Gasteiger partial charge in [-0.05, 0) is 44.5 Å². The average molecular weight is 343 g/mol. The Morgan fingerprint density at radius 2 is 1.75 bits per heavy atom. The van der Waals surface area contributed by atoms with E-state index in [0.29, 0.717) is 11.0 Å². The van der Waals surface area contributed by atoms with Gasteiger partial charge in [-0.1, -0.05) is 23.7 Å². The molecule has 122 valence electrons. The van der Waals surface area contributed by atoms with Crippen LogP contribution in [-0.4, -0.2) is 35.9 Å². The summed E-state index contributed by atoms with van der Waals surface area (Å²) in [6.45, 7) is 5.67. The SMILES string of the molecule is CC(=NNc1nnc(-n2nc(C)cc2C)nn1)c1ccc(Cl)cc1. The van der Waals surface area contributed by atoms with Gasteiger partial charge in [-0.25, -0.2) is 10.1 Å². The van der Waals surface area contributed by atoms with Crippen LogP contribution in [0.3, 0.4) is 0 Å². The van der Waals surface area contributed by atoms with Gasteiger partial charge in [0.05, 0.1) is 11.4 Å². The van der Waals surface area contributed by atoms with Crippen molar-refractivity contribution in [2.45, 2.75) is 20.8 Å². The maximum absolute atomic E-state index is 5.87. The first-order valence-corrected chi connectivity index (χ1v) is 7.58. The van der Waals surface area contributed by atoms with Gasteiger partial charge in [0.2, 0.25) is 0 Å². The van der Waals surface area contributed by atoms with Crippen LogP contribution in [-0.2, 0) is 0 Å². The van der Waals surface area contributed by atoms with Crippen LogP contribution >= 0.6 is 11.6 Å². The van der Waals surface area contributed by atoms with Gasteiger partial charge in [-0.3, -0.25) is 0 Å². The van der Waals surface area contributed by atoms with Gasteiger partial charge in [0.15, 0.2) is 0 Å². The number of nitrogens with zero attached hydrogens (tertiary/aromatic N) is 7. The third-order valence-electron chi connectivity index (χ3n) is 3.25. The highest BCUT2D eigenvalue weighted by Crippen LogP contribution is 2.10. The zero-order valence-corrected chi connectivity index (χ0v) is 14.2. The number of hydrazone groups is 1. The topological polar surface area (TPSA) is 93.8 Å². The Morgan fingerprint density at radius 3 is 2.33 bits per heavy atom. The van der Waals surface area contributed by atoms with Crippen LogP contribution in [0.4, 0.5) is 5.95 Å². The number of halogens is 1. The second-order valence-corrected chi connectivity index (χ2v) is 5.61. The van der Waals surface area contributed by atoms with Gasteiger partial charge < -0.3 is 0 Å². The largest absolute Gasteiger partial charge is 0.289 e. The standard InChI is InChI=1S/C15H15ClN8/c1-9-8-10(2)24(23-9)15-21-19-14(20-22-15)18-17-11(3)12-4-6-13(16)7-5-12/h4-8H,1-3H3,(H,18,19,20). The fourth-order valence-corrected chi connectivity index (χ4v) is 2.20. The number of aromatic nitrogens is 6. The molecule has 0 saturated carbocycles. The van der Waals surface area contributed by atoms with Gasteiger partial charge >= 0.3 is 0 Å². The summed E-state index contributed by atoms with van der Waals surface area (Å²) in [6, 6.07) is 9.30. The van der Waals surface area contributed by atoms with Crippen molar-refractivity contribution in [3.8, 4) is 5.95 Å². The number of hydrogen-bond donors (Lipinski definition) is 1. The molecule has 0 amide bonds. The Hall–Kier alpha value is -2.87. The molecule has 0 fully saturated rings. The van der Waals surface area contributed by atoms with Gasteiger partial charge in [0, 0.05) is 10.7 Å².